The van der Waals surface area contributed by atoms with Crippen molar-refractivity contribution in [1.29, 1.82) is 0 Å². The lowest BCUT2D eigenvalue weighted by Crippen LogP contribution is -2.12. The molecule has 0 spiro atoms. The van der Waals surface area contributed by atoms with Gasteiger partial charge in [-0.05, 0) is 37.3 Å². The molecule has 0 amide bonds. The molecule has 0 aliphatic carbocycles. The van der Waals surface area contributed by atoms with Crippen molar-refractivity contribution in [3.63, 3.8) is 0 Å². The highest BCUT2D eigenvalue weighted by atomic mass is 32.2. The third-order valence-electron chi connectivity index (χ3n) is 5.06. The summed E-state index contributed by atoms with van der Waals surface area (Å²) in [5.74, 6) is 2.43. The van der Waals surface area contributed by atoms with Crippen molar-refractivity contribution in [2.24, 2.45) is 0 Å². The van der Waals surface area contributed by atoms with Crippen LogP contribution in [0.3, 0.4) is 0 Å². The van der Waals surface area contributed by atoms with E-state index in [2.05, 4.69) is 43.5 Å². The minimum Gasteiger partial charge on any atom is -0.341 e. The summed E-state index contributed by atoms with van der Waals surface area (Å²) < 4.78 is 2.40. The molecule has 0 aliphatic heterocycles. The molecule has 3 aromatic rings. The van der Waals surface area contributed by atoms with Crippen molar-refractivity contribution in [2.45, 2.75) is 39.7 Å². The topological polar surface area (TPSA) is 22.0 Å². The molecule has 0 aliphatic rings. The molecule has 2 aromatic carbocycles. The fraction of sp³-hybridized carbons (Fsp3) is 0.348. The average Bonchev–Trinajstić information content (AvgIpc) is 2.97. The van der Waals surface area contributed by atoms with E-state index in [0.29, 0.717) is 6.04 Å². The third-order valence-corrected chi connectivity index (χ3v) is 5.99. The second kappa shape index (κ2) is 8.59. The number of para-hydroxylation sites is 1. The van der Waals surface area contributed by atoms with Crippen LogP contribution in [0.2, 0.25) is 0 Å². The van der Waals surface area contributed by atoms with E-state index in [1.54, 1.807) is 0 Å². The predicted molar refractivity (Wildman–Crippen MR) is 113 cm³/mol. The summed E-state index contributed by atoms with van der Waals surface area (Å²) in [6, 6.07) is 18.4. The van der Waals surface area contributed by atoms with Crippen LogP contribution >= 0.6 is 11.8 Å². The van der Waals surface area contributed by atoms with Gasteiger partial charge in [-0.25, -0.2) is 0 Å². The largest absolute Gasteiger partial charge is 0.341 e. The normalized spacial score (nSPS) is 12.4. The Labute approximate surface area is 160 Å². The lowest BCUT2D eigenvalue weighted by atomic mass is 10.0. The van der Waals surface area contributed by atoms with E-state index < -0.39 is 0 Å². The molecule has 0 saturated carbocycles. The quantitative estimate of drug-likeness (QED) is 0.346. The van der Waals surface area contributed by atoms with E-state index in [0.717, 1.165) is 46.6 Å². The number of carbonyl (C=O) groups is 1. The molecule has 1 heterocycles. The Balaban J connectivity index is 2.11. The average molecular weight is 366 g/mol. The zero-order valence-corrected chi connectivity index (χ0v) is 16.7. The van der Waals surface area contributed by atoms with E-state index in [-0.39, 0.29) is 5.78 Å². The number of nitrogens with zero attached hydrogens (tertiary/aromatic N) is 1. The molecule has 0 bridgehead atoms. The van der Waals surface area contributed by atoms with Crippen LogP contribution < -0.4 is 0 Å². The first-order valence-corrected chi connectivity index (χ1v) is 10.6. The summed E-state index contributed by atoms with van der Waals surface area (Å²) >= 11 is 1.99. The van der Waals surface area contributed by atoms with E-state index in [9.17, 15) is 4.79 Å². The summed E-state index contributed by atoms with van der Waals surface area (Å²) in [5.41, 5.74) is 3.88. The Bertz CT molecular complexity index is 882. The van der Waals surface area contributed by atoms with Gasteiger partial charge >= 0.3 is 0 Å². The Hall–Kier alpha value is -2.00. The first-order valence-electron chi connectivity index (χ1n) is 9.46. The van der Waals surface area contributed by atoms with Crippen LogP contribution in [-0.4, -0.2) is 21.9 Å². The maximum atomic E-state index is 13.2. The molecular formula is C23H27NOS. The molecule has 2 nitrogen and oxygen atoms in total. The molecule has 0 fully saturated rings. The minimum absolute atomic E-state index is 0.121. The highest BCUT2D eigenvalue weighted by Gasteiger charge is 2.23. The fourth-order valence-corrected chi connectivity index (χ4v) is 4.49. The highest BCUT2D eigenvalue weighted by molar-refractivity contribution is 7.99. The molecule has 3 rings (SSSR count). The minimum atomic E-state index is 0.121. The molecule has 136 valence electrons. The van der Waals surface area contributed by atoms with Crippen LogP contribution in [-0.2, 0) is 0 Å². The number of hydrogen-bond donors (Lipinski definition) is 0. The molecular weight excluding hydrogens is 338 g/mol. The van der Waals surface area contributed by atoms with Crippen LogP contribution in [0.4, 0.5) is 0 Å². The molecule has 0 saturated heterocycles. The van der Waals surface area contributed by atoms with Gasteiger partial charge in [-0.2, -0.15) is 11.8 Å². The third kappa shape index (κ3) is 3.59. The number of aromatic nitrogens is 1. The van der Waals surface area contributed by atoms with Crippen molar-refractivity contribution in [1.82, 2.24) is 4.57 Å². The van der Waals surface area contributed by atoms with Crippen LogP contribution in [0, 0.1) is 6.92 Å². The monoisotopic (exact) mass is 365 g/mol. The maximum absolute atomic E-state index is 13.2. The number of fused-ring (bicyclic) bond motifs is 1. The lowest BCUT2D eigenvalue weighted by Gasteiger charge is -2.20. The van der Waals surface area contributed by atoms with E-state index in [1.165, 1.54) is 5.52 Å². The molecule has 0 radical (unpaired) electrons. The summed E-state index contributed by atoms with van der Waals surface area (Å²) in [6.45, 7) is 6.55. The van der Waals surface area contributed by atoms with Gasteiger partial charge in [0.15, 0.2) is 5.78 Å². The smallest absolute Gasteiger partial charge is 0.195 e. The van der Waals surface area contributed by atoms with Gasteiger partial charge in [-0.1, -0.05) is 62.4 Å². The first-order chi connectivity index (χ1) is 12.7. The number of carbonyl (C=O) groups excluding carboxylic acids is 1. The van der Waals surface area contributed by atoms with Crippen molar-refractivity contribution in [3.05, 3.63) is 71.4 Å². The van der Waals surface area contributed by atoms with E-state index in [1.807, 2.05) is 48.2 Å². The van der Waals surface area contributed by atoms with Gasteiger partial charge in [0.2, 0.25) is 0 Å². The van der Waals surface area contributed by atoms with Crippen LogP contribution in [0.25, 0.3) is 10.9 Å². The number of rotatable bonds is 8. The Morgan fingerprint density at radius 1 is 1.04 bits per heavy atom. The number of thioether (sulfide) groups is 1. The maximum Gasteiger partial charge on any atom is 0.195 e. The Kier molecular flexibility index (Phi) is 6.20. The van der Waals surface area contributed by atoms with Gasteiger partial charge < -0.3 is 4.57 Å². The second-order valence-corrected chi connectivity index (χ2v) is 7.98. The van der Waals surface area contributed by atoms with Gasteiger partial charge in [-0.15, -0.1) is 0 Å². The SMILES string of the molecule is CCSCCC(CC)n1c(C)c(C(=O)c2ccccc2)c2ccccc21. The molecule has 3 heteroatoms. The first kappa shape index (κ1) is 18.8. The Morgan fingerprint density at radius 3 is 2.42 bits per heavy atom. The van der Waals surface area contributed by atoms with Crippen molar-refractivity contribution >= 4 is 28.4 Å². The summed E-state index contributed by atoms with van der Waals surface area (Å²) in [4.78, 5) is 13.2. The lowest BCUT2D eigenvalue weighted by molar-refractivity contribution is 0.103. The van der Waals surface area contributed by atoms with Gasteiger partial charge in [0.25, 0.3) is 0 Å². The van der Waals surface area contributed by atoms with Gasteiger partial charge in [0.1, 0.15) is 0 Å². The molecule has 1 aromatic heterocycles. The summed E-state index contributed by atoms with van der Waals surface area (Å²) in [6.07, 6.45) is 2.20. The second-order valence-electron chi connectivity index (χ2n) is 6.59. The van der Waals surface area contributed by atoms with E-state index >= 15 is 0 Å². The van der Waals surface area contributed by atoms with E-state index in [4.69, 9.17) is 0 Å². The predicted octanol–water partition coefficient (Wildman–Crippen LogP) is 6.28. The van der Waals surface area contributed by atoms with Gasteiger partial charge in [-0.3, -0.25) is 4.79 Å². The highest BCUT2D eigenvalue weighted by Crippen LogP contribution is 2.33. The fourth-order valence-electron chi connectivity index (χ4n) is 3.76. The molecule has 1 unspecified atom stereocenters. The number of hydrogen-bond acceptors (Lipinski definition) is 2. The summed E-state index contributed by atoms with van der Waals surface area (Å²) in [5, 5.41) is 1.07. The molecule has 0 N–H and O–H groups in total. The van der Waals surface area contributed by atoms with Crippen molar-refractivity contribution < 1.29 is 4.79 Å². The zero-order chi connectivity index (χ0) is 18.5. The van der Waals surface area contributed by atoms with Crippen molar-refractivity contribution in [2.75, 3.05) is 11.5 Å². The number of benzene rings is 2. The Morgan fingerprint density at radius 2 is 1.73 bits per heavy atom. The molecule has 26 heavy (non-hydrogen) atoms. The van der Waals surface area contributed by atoms with Crippen LogP contribution in [0.5, 0.6) is 0 Å². The van der Waals surface area contributed by atoms with Gasteiger partial charge in [0, 0.05) is 28.2 Å². The molecule has 1 atom stereocenters. The van der Waals surface area contributed by atoms with Crippen LogP contribution in [0.15, 0.2) is 54.6 Å². The standard InChI is InChI=1S/C23H27NOS/c1-4-19(15-16-26-5-2)24-17(3)22(20-13-9-10-14-21(20)24)23(25)18-11-7-6-8-12-18/h6-14,19H,4-5,15-16H2,1-3H3. The number of ketones is 1. The van der Waals surface area contributed by atoms with Crippen molar-refractivity contribution in [3.8, 4) is 0 Å². The zero-order valence-electron chi connectivity index (χ0n) is 15.9. The van der Waals surface area contributed by atoms with Crippen LogP contribution in [0.1, 0.15) is 54.3 Å². The van der Waals surface area contributed by atoms with Gasteiger partial charge in [0.05, 0.1) is 5.56 Å². The summed E-state index contributed by atoms with van der Waals surface area (Å²) in [7, 11) is 0.